The number of benzene rings is 2. The Kier molecular flexibility index (Phi) is 9.87. The fourth-order valence-electron chi connectivity index (χ4n) is 3.35. The summed E-state index contributed by atoms with van der Waals surface area (Å²) in [6.07, 6.45) is 5.69. The van der Waals surface area contributed by atoms with Crippen LogP contribution in [-0.2, 0) is 9.59 Å². The van der Waals surface area contributed by atoms with Crippen molar-refractivity contribution in [3.8, 4) is 0 Å². The van der Waals surface area contributed by atoms with Crippen LogP contribution in [0.3, 0.4) is 0 Å². The molecule has 0 aromatic heterocycles. The summed E-state index contributed by atoms with van der Waals surface area (Å²) < 4.78 is 1.09. The summed E-state index contributed by atoms with van der Waals surface area (Å²) in [5.41, 5.74) is 1.39. The van der Waals surface area contributed by atoms with E-state index < -0.39 is 5.25 Å². The van der Waals surface area contributed by atoms with Gasteiger partial charge in [0.25, 0.3) is 0 Å². The molecule has 0 bridgehead atoms. The first-order chi connectivity index (χ1) is 15.5. The van der Waals surface area contributed by atoms with Crippen LogP contribution < -0.4 is 5.32 Å². The SMILES string of the molecule is CCCCCCCN1C(=O)CC(C(=O)Nc2ccc(I)cc2)SC1=Nc1cccc(Cl)c1. The molecule has 2 amide bonds. The Hall–Kier alpha value is -1.58. The second kappa shape index (κ2) is 12.6. The smallest absolute Gasteiger partial charge is 0.238 e. The summed E-state index contributed by atoms with van der Waals surface area (Å²) in [6.45, 7) is 2.79. The van der Waals surface area contributed by atoms with Crippen LogP contribution in [0.5, 0.6) is 0 Å². The van der Waals surface area contributed by atoms with Gasteiger partial charge in [0, 0.05) is 27.2 Å². The standard InChI is InChI=1S/C24H27ClIN3O2S/c1-2-3-4-5-6-14-29-22(30)16-21(23(31)27-19-12-10-18(26)11-13-19)32-24(29)28-20-9-7-8-17(25)15-20/h7-13,15,21H,2-6,14,16H2,1H3,(H,27,31). The zero-order valence-corrected chi connectivity index (χ0v) is 21.8. The highest BCUT2D eigenvalue weighted by atomic mass is 127. The Morgan fingerprint density at radius 1 is 1.19 bits per heavy atom. The molecule has 1 saturated heterocycles. The third-order valence-corrected chi connectivity index (χ3v) is 7.20. The molecule has 1 fully saturated rings. The molecule has 1 heterocycles. The number of halogens is 2. The highest BCUT2D eigenvalue weighted by molar-refractivity contribution is 14.1. The van der Waals surface area contributed by atoms with Crippen molar-refractivity contribution in [2.75, 3.05) is 11.9 Å². The summed E-state index contributed by atoms with van der Waals surface area (Å²) in [5.74, 6) is -0.256. The number of amides is 2. The van der Waals surface area contributed by atoms with Crippen LogP contribution in [0.15, 0.2) is 53.5 Å². The molecule has 0 spiro atoms. The molecule has 2 aromatic rings. The van der Waals surface area contributed by atoms with Crippen molar-refractivity contribution in [3.63, 3.8) is 0 Å². The lowest BCUT2D eigenvalue weighted by Gasteiger charge is -2.32. The van der Waals surface area contributed by atoms with Gasteiger partial charge in [-0.05, 0) is 71.5 Å². The van der Waals surface area contributed by atoms with E-state index in [0.29, 0.717) is 22.4 Å². The molecule has 0 radical (unpaired) electrons. The minimum Gasteiger partial charge on any atom is -0.325 e. The van der Waals surface area contributed by atoms with Crippen molar-refractivity contribution >= 4 is 74.3 Å². The molecule has 3 rings (SSSR count). The number of aliphatic imine (C=N–C) groups is 1. The van der Waals surface area contributed by atoms with E-state index in [1.807, 2.05) is 36.4 Å². The molecule has 5 nitrogen and oxygen atoms in total. The summed E-state index contributed by atoms with van der Waals surface area (Å²) in [4.78, 5) is 32.4. The van der Waals surface area contributed by atoms with Crippen molar-refractivity contribution in [2.45, 2.75) is 50.7 Å². The largest absolute Gasteiger partial charge is 0.325 e. The van der Waals surface area contributed by atoms with E-state index in [1.54, 1.807) is 17.0 Å². The number of carbonyl (C=O) groups is 2. The maximum atomic E-state index is 13.0. The average molecular weight is 584 g/mol. The number of unbranched alkanes of at least 4 members (excludes halogenated alkanes) is 4. The molecule has 2 aromatic carbocycles. The van der Waals surface area contributed by atoms with E-state index in [4.69, 9.17) is 16.6 Å². The molecule has 1 aliphatic rings. The summed E-state index contributed by atoms with van der Waals surface area (Å²) in [7, 11) is 0. The zero-order chi connectivity index (χ0) is 22.9. The number of hydrogen-bond acceptors (Lipinski definition) is 4. The molecule has 0 aliphatic carbocycles. The Labute approximate surface area is 212 Å². The van der Waals surface area contributed by atoms with Gasteiger partial charge in [0.15, 0.2) is 5.17 Å². The number of carbonyl (C=O) groups excluding carboxylic acids is 2. The highest BCUT2D eigenvalue weighted by Crippen LogP contribution is 2.31. The number of nitrogens with zero attached hydrogens (tertiary/aromatic N) is 2. The first-order valence-electron chi connectivity index (χ1n) is 10.8. The van der Waals surface area contributed by atoms with E-state index in [9.17, 15) is 9.59 Å². The van der Waals surface area contributed by atoms with Gasteiger partial charge in [-0.25, -0.2) is 4.99 Å². The van der Waals surface area contributed by atoms with Gasteiger partial charge >= 0.3 is 0 Å². The van der Waals surface area contributed by atoms with Crippen molar-refractivity contribution in [2.24, 2.45) is 4.99 Å². The average Bonchev–Trinajstić information content (AvgIpc) is 2.76. The fraction of sp³-hybridized carbons (Fsp3) is 0.375. The minimum atomic E-state index is -0.531. The Balaban J connectivity index is 1.75. The van der Waals surface area contributed by atoms with Crippen LogP contribution in [0, 0.1) is 3.57 Å². The maximum Gasteiger partial charge on any atom is 0.238 e. The minimum absolute atomic E-state index is 0.0669. The van der Waals surface area contributed by atoms with E-state index in [1.165, 1.54) is 24.6 Å². The molecule has 8 heteroatoms. The first-order valence-corrected chi connectivity index (χ1v) is 13.2. The van der Waals surface area contributed by atoms with Gasteiger partial charge in [0.05, 0.1) is 5.69 Å². The third-order valence-electron chi connectivity index (χ3n) is 5.06. The van der Waals surface area contributed by atoms with Crippen LogP contribution in [0.25, 0.3) is 0 Å². The molecule has 170 valence electrons. The fourth-order valence-corrected chi connectivity index (χ4v) is 5.02. The predicted octanol–water partition coefficient (Wildman–Crippen LogP) is 6.88. The van der Waals surface area contributed by atoms with Gasteiger partial charge in [0.2, 0.25) is 11.8 Å². The number of amidine groups is 1. The van der Waals surface area contributed by atoms with Gasteiger partial charge < -0.3 is 5.32 Å². The molecular weight excluding hydrogens is 557 g/mol. The third kappa shape index (κ3) is 7.49. The Bertz CT molecular complexity index is 968. The number of anilines is 1. The first kappa shape index (κ1) is 25.1. The van der Waals surface area contributed by atoms with E-state index in [-0.39, 0.29) is 18.2 Å². The molecule has 1 atom stereocenters. The quantitative estimate of drug-likeness (QED) is 0.259. The molecule has 0 saturated carbocycles. The van der Waals surface area contributed by atoms with Crippen LogP contribution in [-0.4, -0.2) is 33.7 Å². The molecule has 1 N–H and O–H groups in total. The second-order valence-electron chi connectivity index (χ2n) is 7.64. The van der Waals surface area contributed by atoms with Gasteiger partial charge in [-0.3, -0.25) is 14.5 Å². The van der Waals surface area contributed by atoms with Crippen molar-refractivity contribution < 1.29 is 9.59 Å². The van der Waals surface area contributed by atoms with Crippen LogP contribution in [0.2, 0.25) is 5.02 Å². The lowest BCUT2D eigenvalue weighted by Crippen LogP contribution is -2.45. The number of rotatable bonds is 9. The number of thioether (sulfide) groups is 1. The number of nitrogens with one attached hydrogen (secondary N) is 1. The van der Waals surface area contributed by atoms with Crippen molar-refractivity contribution in [3.05, 3.63) is 57.1 Å². The van der Waals surface area contributed by atoms with Crippen LogP contribution >= 0.6 is 46.0 Å². The van der Waals surface area contributed by atoms with Gasteiger partial charge in [-0.15, -0.1) is 0 Å². The Morgan fingerprint density at radius 3 is 2.66 bits per heavy atom. The lowest BCUT2D eigenvalue weighted by molar-refractivity contribution is -0.129. The van der Waals surface area contributed by atoms with Crippen LogP contribution in [0.1, 0.15) is 45.4 Å². The van der Waals surface area contributed by atoms with E-state index in [2.05, 4.69) is 34.8 Å². The predicted molar refractivity (Wildman–Crippen MR) is 143 cm³/mol. The van der Waals surface area contributed by atoms with Gasteiger partial charge in [-0.2, -0.15) is 0 Å². The van der Waals surface area contributed by atoms with Gasteiger partial charge in [0.1, 0.15) is 5.25 Å². The molecular formula is C24H27ClIN3O2S. The summed E-state index contributed by atoms with van der Waals surface area (Å²) >= 11 is 9.68. The monoisotopic (exact) mass is 583 g/mol. The normalized spacial score (nSPS) is 17.6. The molecule has 32 heavy (non-hydrogen) atoms. The number of hydrogen-bond donors (Lipinski definition) is 1. The summed E-state index contributed by atoms with van der Waals surface area (Å²) in [6, 6.07) is 14.8. The molecule has 1 unspecified atom stereocenters. The van der Waals surface area contributed by atoms with E-state index in [0.717, 1.165) is 28.5 Å². The molecule has 1 aliphatic heterocycles. The van der Waals surface area contributed by atoms with Gasteiger partial charge in [-0.1, -0.05) is 62.0 Å². The zero-order valence-electron chi connectivity index (χ0n) is 18.0. The Morgan fingerprint density at radius 2 is 1.94 bits per heavy atom. The topological polar surface area (TPSA) is 61.8 Å². The second-order valence-corrected chi connectivity index (χ2v) is 10.5. The maximum absolute atomic E-state index is 13.0. The summed E-state index contributed by atoms with van der Waals surface area (Å²) in [5, 5.41) is 3.53. The highest BCUT2D eigenvalue weighted by Gasteiger charge is 2.35. The van der Waals surface area contributed by atoms with Crippen molar-refractivity contribution in [1.29, 1.82) is 0 Å². The lowest BCUT2D eigenvalue weighted by atomic mass is 10.1. The van der Waals surface area contributed by atoms with Crippen LogP contribution in [0.4, 0.5) is 11.4 Å². The van der Waals surface area contributed by atoms with Crippen molar-refractivity contribution in [1.82, 2.24) is 4.90 Å². The van der Waals surface area contributed by atoms with E-state index >= 15 is 0 Å².